The predicted molar refractivity (Wildman–Crippen MR) is 36.8 cm³/mol. The average Bonchev–Trinajstić information content (AvgIpc) is 1.27. The lowest BCUT2D eigenvalue weighted by Crippen LogP contribution is -1.65. The predicted octanol–water partition coefficient (Wildman–Crippen LogP) is 0.380. The van der Waals surface area contributed by atoms with Crippen molar-refractivity contribution in [2.75, 3.05) is 0 Å². The van der Waals surface area contributed by atoms with Gasteiger partial charge in [0.1, 0.15) is 0 Å². The highest BCUT2D eigenvalue weighted by Gasteiger charge is 1.92. The molecule has 0 aliphatic carbocycles. The summed E-state index contributed by atoms with van der Waals surface area (Å²) in [4.78, 5) is 22.7. The van der Waals surface area contributed by atoms with E-state index < -0.39 is 6.72 Å². The average molecular weight is 156 g/mol. The third-order valence-corrected chi connectivity index (χ3v) is 0. The third-order valence-electron chi connectivity index (χ3n) is 0. The van der Waals surface area contributed by atoms with Gasteiger partial charge in [0.25, 0.3) is 0 Å². The van der Waals surface area contributed by atoms with Crippen molar-refractivity contribution in [1.82, 2.24) is 0 Å². The van der Waals surface area contributed by atoms with Gasteiger partial charge in [0, 0.05) is 0 Å². The van der Waals surface area contributed by atoms with Gasteiger partial charge in [-0.25, -0.2) is 0 Å². The molecule has 0 aromatic carbocycles. The Hall–Kier alpha value is 0.270. The molecule has 5 heteroatoms. The molecule has 0 amide bonds. The number of allylic oxidation sites excluding steroid dienone is 1. The smallest absolute Gasteiger partial charge is 0.319 e. The van der Waals surface area contributed by atoms with Crippen LogP contribution in [0.3, 0.4) is 0 Å². The topological polar surface area (TPSA) is 60.7 Å². The van der Waals surface area contributed by atoms with Gasteiger partial charge < -0.3 is 14.7 Å². The van der Waals surface area contributed by atoms with E-state index in [9.17, 15) is 0 Å². The normalized spacial score (nSPS) is 9.00. The van der Waals surface area contributed by atoms with E-state index in [0.29, 0.717) is 0 Å². The summed E-state index contributed by atoms with van der Waals surface area (Å²) in [5.41, 5.74) is 0. The molecule has 8 heavy (non-hydrogen) atoms. The highest BCUT2D eigenvalue weighted by atomic mass is 32.5. The van der Waals surface area contributed by atoms with Crippen molar-refractivity contribution in [3.8, 4) is 0 Å². The number of hydrogen-bond acceptors (Lipinski definition) is 1. The summed E-state index contributed by atoms with van der Waals surface area (Å²) in [5, 5.41) is 0. The molecule has 0 aromatic rings. The van der Waals surface area contributed by atoms with E-state index in [1.807, 2.05) is 6.92 Å². The molecule has 0 radical (unpaired) electrons. The van der Waals surface area contributed by atoms with Gasteiger partial charge >= 0.3 is 6.72 Å². The minimum atomic E-state index is -3.81. The van der Waals surface area contributed by atoms with Crippen LogP contribution in [0.1, 0.15) is 6.92 Å². The molecule has 0 spiro atoms. The fraction of sp³-hybridized carbons (Fsp3) is 0.333. The Bertz CT molecular complexity index is 88.4. The van der Waals surface area contributed by atoms with E-state index >= 15 is 0 Å². The molecule has 0 bridgehead atoms. The zero-order valence-electron chi connectivity index (χ0n) is 4.48. The first-order chi connectivity index (χ1) is 3.41. The molecular weight excluding hydrogens is 147 g/mol. The van der Waals surface area contributed by atoms with Crippen molar-refractivity contribution in [2.45, 2.75) is 6.92 Å². The van der Waals surface area contributed by atoms with Gasteiger partial charge in [-0.15, -0.1) is 6.58 Å². The van der Waals surface area contributed by atoms with Gasteiger partial charge in [-0.3, -0.25) is 0 Å². The molecule has 0 aliphatic rings. The summed E-state index contributed by atoms with van der Waals surface area (Å²) in [6, 6.07) is 0. The Morgan fingerprint density at radius 3 is 1.50 bits per heavy atom. The fourth-order valence-corrected chi connectivity index (χ4v) is 0. The molecule has 0 rings (SSSR count). The Morgan fingerprint density at radius 2 is 1.50 bits per heavy atom. The highest BCUT2D eigenvalue weighted by molar-refractivity contribution is 8.06. The summed E-state index contributed by atoms with van der Waals surface area (Å²) in [7, 11) is 0. The molecule has 0 aromatic heterocycles. The van der Waals surface area contributed by atoms with Crippen molar-refractivity contribution in [2.24, 2.45) is 0 Å². The molecule has 0 aliphatic heterocycles. The quantitative estimate of drug-likeness (QED) is 0.350. The van der Waals surface area contributed by atoms with Crippen LogP contribution in [0.25, 0.3) is 0 Å². The largest absolute Gasteiger partial charge is 0.325 e. The standard InChI is InChI=1S/C3H6.H3O3PS/c1-3-2;1-4(2,3)5/h3H,1H2,2H3;(H3,1,2,3,5). The second-order valence-corrected chi connectivity index (χ2v) is 3.42. The lowest BCUT2D eigenvalue weighted by Gasteiger charge is -1.88. The van der Waals surface area contributed by atoms with E-state index in [4.69, 9.17) is 14.7 Å². The van der Waals surface area contributed by atoms with Crippen molar-refractivity contribution < 1.29 is 14.7 Å². The molecular formula is C3H9O3PS. The van der Waals surface area contributed by atoms with Crippen LogP contribution in [-0.4, -0.2) is 14.7 Å². The molecule has 0 saturated carbocycles. The van der Waals surface area contributed by atoms with Crippen LogP contribution >= 0.6 is 6.72 Å². The summed E-state index contributed by atoms with van der Waals surface area (Å²) in [6.07, 6.45) is 1.75. The minimum absolute atomic E-state index is 1.75. The number of hydrogen-bond donors (Lipinski definition) is 3. The maximum absolute atomic E-state index is 7.56. The molecule has 0 saturated heterocycles. The van der Waals surface area contributed by atoms with Crippen LogP contribution < -0.4 is 0 Å². The Morgan fingerprint density at radius 1 is 1.50 bits per heavy atom. The zero-order chi connectivity index (χ0) is 7.21. The fourth-order valence-electron chi connectivity index (χ4n) is 0. The van der Waals surface area contributed by atoms with Crippen molar-refractivity contribution in [3.05, 3.63) is 12.7 Å². The second-order valence-electron chi connectivity index (χ2n) is 0.922. The molecule has 50 valence electrons. The van der Waals surface area contributed by atoms with Crippen LogP contribution in [0.2, 0.25) is 0 Å². The summed E-state index contributed by atoms with van der Waals surface area (Å²) < 4.78 is 0. The minimum Gasteiger partial charge on any atom is -0.325 e. The molecule has 3 N–H and O–H groups in total. The van der Waals surface area contributed by atoms with E-state index in [-0.39, 0.29) is 0 Å². The molecule has 0 atom stereocenters. The van der Waals surface area contributed by atoms with Gasteiger partial charge in [-0.2, -0.15) is 0 Å². The maximum atomic E-state index is 7.56. The maximum Gasteiger partial charge on any atom is 0.319 e. The Balaban J connectivity index is 0. The van der Waals surface area contributed by atoms with Crippen LogP contribution in [-0.2, 0) is 11.8 Å². The van der Waals surface area contributed by atoms with E-state index in [2.05, 4.69) is 18.4 Å². The van der Waals surface area contributed by atoms with Crippen molar-refractivity contribution >= 4 is 18.5 Å². The van der Waals surface area contributed by atoms with E-state index in [0.717, 1.165) is 0 Å². The first kappa shape index (κ1) is 11.1. The summed E-state index contributed by atoms with van der Waals surface area (Å²) in [5.74, 6) is 0. The molecule has 0 heterocycles. The SMILES string of the molecule is C=CC.OP(O)(O)=S. The lowest BCUT2D eigenvalue weighted by atomic mass is 10.8. The van der Waals surface area contributed by atoms with Crippen molar-refractivity contribution in [3.63, 3.8) is 0 Å². The molecule has 0 fully saturated rings. The van der Waals surface area contributed by atoms with Crippen LogP contribution in [0.4, 0.5) is 0 Å². The first-order valence-electron chi connectivity index (χ1n) is 1.77. The van der Waals surface area contributed by atoms with Gasteiger partial charge in [0.15, 0.2) is 0 Å². The van der Waals surface area contributed by atoms with Gasteiger partial charge in [-0.1, -0.05) is 6.08 Å². The molecule has 3 nitrogen and oxygen atoms in total. The zero-order valence-corrected chi connectivity index (χ0v) is 6.19. The van der Waals surface area contributed by atoms with Crippen LogP contribution in [0.5, 0.6) is 0 Å². The van der Waals surface area contributed by atoms with Gasteiger partial charge in [-0.05, 0) is 18.7 Å². The highest BCUT2D eigenvalue weighted by Crippen LogP contribution is 2.26. The van der Waals surface area contributed by atoms with Crippen LogP contribution in [0, 0.1) is 0 Å². The lowest BCUT2D eigenvalue weighted by molar-refractivity contribution is 0.363. The molecule has 0 unspecified atom stereocenters. The van der Waals surface area contributed by atoms with Crippen molar-refractivity contribution in [1.29, 1.82) is 0 Å². The monoisotopic (exact) mass is 156 g/mol. The summed E-state index contributed by atoms with van der Waals surface area (Å²) in [6.45, 7) is 1.44. The second kappa shape index (κ2) is 5.41. The first-order valence-corrected chi connectivity index (χ1v) is 4.43. The van der Waals surface area contributed by atoms with Gasteiger partial charge in [0.05, 0.1) is 0 Å². The van der Waals surface area contributed by atoms with Crippen LogP contribution in [0.15, 0.2) is 12.7 Å². The third kappa shape index (κ3) is 2390. The van der Waals surface area contributed by atoms with Gasteiger partial charge in [0.2, 0.25) is 0 Å². The number of rotatable bonds is 0. The van der Waals surface area contributed by atoms with E-state index in [1.54, 1.807) is 6.08 Å². The Labute approximate surface area is 53.5 Å². The summed E-state index contributed by atoms with van der Waals surface area (Å²) >= 11 is 3.60. The van der Waals surface area contributed by atoms with E-state index in [1.165, 1.54) is 0 Å². The Kier molecular flexibility index (Phi) is 7.52.